The lowest BCUT2D eigenvalue weighted by Gasteiger charge is -2.38. The molecule has 0 aliphatic rings. The second-order valence-corrected chi connectivity index (χ2v) is 20.8. The van der Waals surface area contributed by atoms with E-state index in [2.05, 4.69) is 46.2 Å². The van der Waals surface area contributed by atoms with E-state index in [-0.39, 0.29) is 6.61 Å². The van der Waals surface area contributed by atoms with Gasteiger partial charge in [-0.3, -0.25) is 0 Å². The largest absolute Gasteiger partial charge is 0.437 e. The van der Waals surface area contributed by atoms with E-state index in [1.165, 1.54) is 18.9 Å². The van der Waals surface area contributed by atoms with Crippen molar-refractivity contribution < 1.29 is 22.8 Å². The maximum absolute atomic E-state index is 8.62. The highest BCUT2D eigenvalue weighted by molar-refractivity contribution is 6.87. The fraction of sp³-hybridized carbons (Fsp3) is 1.00. The number of aliphatic hydroxyl groups excluding tert-OH is 1. The standard InChI is InChI=1S/C17H42O5Si3/c1-8-9-16-23(2,3)21-25(6,7)22-24(4,5)17-10-12-19-14-15-20-13-11-18/h18H,8-17H2,1-7H3. The number of rotatable bonds is 16. The Kier molecular flexibility index (Phi) is 13.0. The number of hydrogen-bond donors (Lipinski definition) is 1. The van der Waals surface area contributed by atoms with Crippen molar-refractivity contribution in [2.45, 2.75) is 77.6 Å². The Balaban J connectivity index is 4.09. The van der Waals surface area contributed by atoms with Crippen LogP contribution in [-0.4, -0.2) is 63.3 Å². The van der Waals surface area contributed by atoms with Crippen LogP contribution in [0.5, 0.6) is 0 Å². The molecule has 0 bridgehead atoms. The van der Waals surface area contributed by atoms with Gasteiger partial charge in [0.1, 0.15) is 0 Å². The summed E-state index contributed by atoms with van der Waals surface area (Å²) in [6.45, 7) is 18.2. The van der Waals surface area contributed by atoms with Crippen LogP contribution in [0.15, 0.2) is 0 Å². The topological polar surface area (TPSA) is 57.2 Å². The number of hydrogen-bond acceptors (Lipinski definition) is 5. The van der Waals surface area contributed by atoms with E-state index in [0.717, 1.165) is 19.1 Å². The van der Waals surface area contributed by atoms with Gasteiger partial charge in [0.15, 0.2) is 16.6 Å². The molecule has 0 rings (SSSR count). The first kappa shape index (κ1) is 25.5. The Hall–Kier alpha value is 0.451. The summed E-state index contributed by atoms with van der Waals surface area (Å²) in [6.07, 6.45) is 3.50. The monoisotopic (exact) mass is 410 g/mol. The van der Waals surface area contributed by atoms with Crippen molar-refractivity contribution in [2.75, 3.05) is 33.0 Å². The Labute approximate surface area is 158 Å². The third-order valence-electron chi connectivity index (χ3n) is 3.85. The molecule has 0 atom stereocenters. The van der Waals surface area contributed by atoms with Crippen molar-refractivity contribution in [3.63, 3.8) is 0 Å². The first-order valence-corrected chi connectivity index (χ1v) is 18.7. The minimum atomic E-state index is -2.08. The summed E-state index contributed by atoms with van der Waals surface area (Å²) in [5.41, 5.74) is 0. The summed E-state index contributed by atoms with van der Waals surface area (Å²) < 4.78 is 23.9. The van der Waals surface area contributed by atoms with Crippen LogP contribution in [0.3, 0.4) is 0 Å². The third kappa shape index (κ3) is 15.2. The van der Waals surface area contributed by atoms with Gasteiger partial charge in [-0.2, -0.15) is 0 Å². The van der Waals surface area contributed by atoms with Crippen LogP contribution in [-0.2, 0) is 17.7 Å². The molecule has 0 aromatic carbocycles. The fourth-order valence-corrected chi connectivity index (χ4v) is 17.2. The van der Waals surface area contributed by atoms with Gasteiger partial charge in [-0.25, -0.2) is 0 Å². The molecule has 0 amide bonds. The third-order valence-corrected chi connectivity index (χ3v) is 15.3. The molecule has 0 aromatic rings. The molecule has 0 saturated carbocycles. The minimum Gasteiger partial charge on any atom is -0.437 e. The molecule has 0 unspecified atom stereocenters. The van der Waals surface area contributed by atoms with Crippen molar-refractivity contribution in [3.8, 4) is 0 Å². The second-order valence-electron chi connectivity index (χ2n) is 8.28. The molecule has 0 heterocycles. The summed E-state index contributed by atoms with van der Waals surface area (Å²) in [5.74, 6) is 0. The first-order valence-electron chi connectivity index (χ1n) is 9.70. The van der Waals surface area contributed by atoms with Crippen LogP contribution >= 0.6 is 0 Å². The predicted octanol–water partition coefficient (Wildman–Crippen LogP) is 4.35. The first-order chi connectivity index (χ1) is 11.5. The molecular weight excluding hydrogens is 368 g/mol. The van der Waals surface area contributed by atoms with E-state index in [4.69, 9.17) is 22.8 Å². The highest BCUT2D eigenvalue weighted by Crippen LogP contribution is 2.26. The number of aliphatic hydroxyl groups is 1. The van der Waals surface area contributed by atoms with Gasteiger partial charge in [-0.1, -0.05) is 19.8 Å². The maximum Gasteiger partial charge on any atom is 0.311 e. The summed E-state index contributed by atoms with van der Waals surface area (Å²) in [6, 6.07) is 2.30. The summed E-state index contributed by atoms with van der Waals surface area (Å²) in [4.78, 5) is 0. The van der Waals surface area contributed by atoms with Crippen molar-refractivity contribution in [3.05, 3.63) is 0 Å². The zero-order chi connectivity index (χ0) is 19.4. The van der Waals surface area contributed by atoms with E-state index in [1.807, 2.05) is 0 Å². The second kappa shape index (κ2) is 12.8. The quantitative estimate of drug-likeness (QED) is 0.303. The van der Waals surface area contributed by atoms with E-state index in [9.17, 15) is 0 Å². The molecule has 1 N–H and O–H groups in total. The average Bonchev–Trinajstić information content (AvgIpc) is 2.45. The lowest BCUT2D eigenvalue weighted by molar-refractivity contribution is 0.0332. The van der Waals surface area contributed by atoms with Crippen molar-refractivity contribution in [1.82, 2.24) is 0 Å². The van der Waals surface area contributed by atoms with Crippen LogP contribution in [0.2, 0.25) is 51.4 Å². The van der Waals surface area contributed by atoms with Crippen LogP contribution in [0.25, 0.3) is 0 Å². The zero-order valence-electron chi connectivity index (χ0n) is 17.7. The van der Waals surface area contributed by atoms with Gasteiger partial charge in [0, 0.05) is 6.61 Å². The summed E-state index contributed by atoms with van der Waals surface area (Å²) in [5, 5.41) is 8.62. The minimum absolute atomic E-state index is 0.0664. The molecule has 5 nitrogen and oxygen atoms in total. The molecule has 8 heteroatoms. The van der Waals surface area contributed by atoms with Crippen LogP contribution in [0.1, 0.15) is 26.2 Å². The Morgan fingerprint density at radius 3 is 1.64 bits per heavy atom. The molecule has 25 heavy (non-hydrogen) atoms. The van der Waals surface area contributed by atoms with E-state index >= 15 is 0 Å². The van der Waals surface area contributed by atoms with E-state index in [1.54, 1.807) is 0 Å². The molecule has 0 aliphatic heterocycles. The summed E-state index contributed by atoms with van der Waals surface area (Å²) in [7, 11) is -5.43. The Morgan fingerprint density at radius 1 is 0.680 bits per heavy atom. The number of unbranched alkanes of at least 4 members (excludes halogenated alkanes) is 1. The predicted molar refractivity (Wildman–Crippen MR) is 112 cm³/mol. The molecule has 0 aliphatic carbocycles. The Bertz CT molecular complexity index is 338. The molecular formula is C17H42O5Si3. The smallest absolute Gasteiger partial charge is 0.311 e. The van der Waals surface area contributed by atoms with Crippen LogP contribution in [0.4, 0.5) is 0 Å². The van der Waals surface area contributed by atoms with Gasteiger partial charge in [-0.15, -0.1) is 0 Å². The maximum atomic E-state index is 8.62. The van der Waals surface area contributed by atoms with Crippen LogP contribution < -0.4 is 0 Å². The zero-order valence-corrected chi connectivity index (χ0v) is 20.7. The normalized spacial score (nSPS) is 13.4. The van der Waals surface area contributed by atoms with E-state index in [0.29, 0.717) is 19.8 Å². The SMILES string of the molecule is CCCC[Si](C)(C)O[Si](C)(C)O[Si](C)(C)CCCOCCOCCO. The molecule has 0 fully saturated rings. The molecule has 0 aromatic heterocycles. The molecule has 0 radical (unpaired) electrons. The molecule has 0 saturated heterocycles. The summed E-state index contributed by atoms with van der Waals surface area (Å²) >= 11 is 0. The van der Waals surface area contributed by atoms with Crippen molar-refractivity contribution in [1.29, 1.82) is 0 Å². The van der Waals surface area contributed by atoms with Gasteiger partial charge < -0.3 is 22.8 Å². The van der Waals surface area contributed by atoms with Gasteiger partial charge in [0.2, 0.25) is 0 Å². The van der Waals surface area contributed by atoms with Gasteiger partial charge in [0.05, 0.1) is 26.4 Å². The fourth-order valence-electron chi connectivity index (χ4n) is 3.04. The number of ether oxygens (including phenoxy) is 2. The highest BCUT2D eigenvalue weighted by atomic mass is 28.5. The van der Waals surface area contributed by atoms with E-state index < -0.39 is 25.2 Å². The van der Waals surface area contributed by atoms with Gasteiger partial charge >= 0.3 is 8.56 Å². The average molecular weight is 411 g/mol. The Morgan fingerprint density at radius 2 is 1.16 bits per heavy atom. The van der Waals surface area contributed by atoms with Gasteiger partial charge in [0.25, 0.3) is 0 Å². The highest BCUT2D eigenvalue weighted by Gasteiger charge is 2.39. The van der Waals surface area contributed by atoms with Crippen molar-refractivity contribution >= 4 is 25.2 Å². The molecule has 152 valence electrons. The van der Waals surface area contributed by atoms with Crippen LogP contribution in [0, 0.1) is 0 Å². The van der Waals surface area contributed by atoms with Crippen molar-refractivity contribution in [2.24, 2.45) is 0 Å². The van der Waals surface area contributed by atoms with Gasteiger partial charge in [-0.05, 0) is 57.8 Å². The molecule has 0 spiro atoms. The lowest BCUT2D eigenvalue weighted by Crippen LogP contribution is -2.52. The lowest BCUT2D eigenvalue weighted by atomic mass is 10.4.